The van der Waals surface area contributed by atoms with Crippen LogP contribution >= 0.6 is 0 Å². The molecule has 1 saturated carbocycles. The van der Waals surface area contributed by atoms with Gasteiger partial charge in [0.15, 0.2) is 0 Å². The Morgan fingerprint density at radius 3 is 2.33 bits per heavy atom. The van der Waals surface area contributed by atoms with Crippen LogP contribution in [0, 0.1) is 5.92 Å². The summed E-state index contributed by atoms with van der Waals surface area (Å²) in [5.41, 5.74) is 2.02. The number of amides is 3. The number of piperidine rings is 1. The number of rotatable bonds is 5. The number of carbonyl (C=O) groups is 2. The number of hydrogen-bond donors (Lipinski definition) is 2. The first-order valence-electron chi connectivity index (χ1n) is 9.08. The molecule has 0 spiro atoms. The van der Waals surface area contributed by atoms with Crippen molar-refractivity contribution in [3.63, 3.8) is 0 Å². The van der Waals surface area contributed by atoms with Crippen molar-refractivity contribution >= 4 is 11.9 Å². The topological polar surface area (TPSA) is 61.4 Å². The predicted octanol–water partition coefficient (Wildman–Crippen LogP) is 2.56. The number of benzene rings is 1. The van der Waals surface area contributed by atoms with E-state index in [1.165, 1.54) is 5.56 Å². The number of likely N-dealkylation sites (tertiary alicyclic amines) is 1. The lowest BCUT2D eigenvalue weighted by molar-refractivity contribution is 0.0951. The van der Waals surface area contributed by atoms with Crippen LogP contribution in [-0.4, -0.2) is 42.5 Å². The highest BCUT2D eigenvalue weighted by Crippen LogP contribution is 2.22. The minimum Gasteiger partial charge on any atom is -0.349 e. The SMILES string of the molecule is CCNC(=O)N1CCC(Cc2ccc(C(=O)NC3CC3)cc2)CC1. The van der Waals surface area contributed by atoms with E-state index in [0.717, 1.165) is 50.8 Å². The predicted molar refractivity (Wildman–Crippen MR) is 94.0 cm³/mol. The average Bonchev–Trinajstić information content (AvgIpc) is 3.40. The molecule has 0 bridgehead atoms. The first kappa shape index (κ1) is 16.8. The fraction of sp³-hybridized carbons (Fsp3) is 0.579. The van der Waals surface area contributed by atoms with Gasteiger partial charge in [0.05, 0.1) is 0 Å². The third kappa shape index (κ3) is 4.49. The fourth-order valence-corrected chi connectivity index (χ4v) is 3.23. The second kappa shape index (κ2) is 7.69. The smallest absolute Gasteiger partial charge is 0.317 e. The largest absolute Gasteiger partial charge is 0.349 e. The summed E-state index contributed by atoms with van der Waals surface area (Å²) < 4.78 is 0. The molecule has 130 valence electrons. The standard InChI is InChI=1S/C19H27N3O2/c1-2-20-19(24)22-11-9-15(10-12-22)13-14-3-5-16(6-4-14)18(23)21-17-7-8-17/h3-6,15,17H,2,7-13H2,1H3,(H,20,24)(H,21,23). The van der Waals surface area contributed by atoms with E-state index in [1.54, 1.807) is 0 Å². The normalized spacial score (nSPS) is 18.3. The van der Waals surface area contributed by atoms with Crippen LogP contribution in [0.25, 0.3) is 0 Å². The van der Waals surface area contributed by atoms with Crippen molar-refractivity contribution in [3.05, 3.63) is 35.4 Å². The molecule has 0 aromatic heterocycles. The van der Waals surface area contributed by atoms with Crippen LogP contribution in [0.1, 0.15) is 48.5 Å². The summed E-state index contributed by atoms with van der Waals surface area (Å²) in [6.45, 7) is 4.29. The van der Waals surface area contributed by atoms with Gasteiger partial charge in [-0.05, 0) is 62.6 Å². The van der Waals surface area contributed by atoms with Crippen LogP contribution in [0.2, 0.25) is 0 Å². The molecule has 5 nitrogen and oxygen atoms in total. The molecular formula is C19H27N3O2. The van der Waals surface area contributed by atoms with Gasteiger partial charge in [-0.1, -0.05) is 12.1 Å². The number of nitrogens with zero attached hydrogens (tertiary/aromatic N) is 1. The van der Waals surface area contributed by atoms with Crippen LogP contribution in [0.4, 0.5) is 4.79 Å². The van der Waals surface area contributed by atoms with E-state index in [9.17, 15) is 9.59 Å². The molecular weight excluding hydrogens is 302 g/mol. The van der Waals surface area contributed by atoms with Gasteiger partial charge in [-0.3, -0.25) is 4.79 Å². The lowest BCUT2D eigenvalue weighted by Crippen LogP contribution is -2.44. The molecule has 2 fully saturated rings. The molecule has 0 unspecified atom stereocenters. The van der Waals surface area contributed by atoms with Crippen molar-refractivity contribution in [2.24, 2.45) is 5.92 Å². The van der Waals surface area contributed by atoms with Crippen LogP contribution in [0.5, 0.6) is 0 Å². The zero-order chi connectivity index (χ0) is 16.9. The van der Waals surface area contributed by atoms with E-state index in [4.69, 9.17) is 0 Å². The quantitative estimate of drug-likeness (QED) is 0.872. The Bertz CT molecular complexity index is 573. The van der Waals surface area contributed by atoms with Gasteiger partial charge in [0, 0.05) is 31.2 Å². The van der Waals surface area contributed by atoms with Gasteiger partial charge >= 0.3 is 6.03 Å². The van der Waals surface area contributed by atoms with Crippen molar-refractivity contribution in [2.75, 3.05) is 19.6 Å². The van der Waals surface area contributed by atoms with E-state index in [2.05, 4.69) is 22.8 Å². The Kier molecular flexibility index (Phi) is 5.38. The van der Waals surface area contributed by atoms with Gasteiger partial charge in [0.25, 0.3) is 5.91 Å². The second-order valence-corrected chi connectivity index (χ2v) is 6.91. The van der Waals surface area contributed by atoms with Crippen LogP contribution in [0.15, 0.2) is 24.3 Å². The zero-order valence-electron chi connectivity index (χ0n) is 14.4. The van der Waals surface area contributed by atoms with Crippen LogP contribution in [-0.2, 0) is 6.42 Å². The molecule has 1 aliphatic carbocycles. The minimum absolute atomic E-state index is 0.0410. The molecule has 1 aromatic rings. The third-order valence-corrected chi connectivity index (χ3v) is 4.88. The summed E-state index contributed by atoms with van der Waals surface area (Å²) >= 11 is 0. The molecule has 2 N–H and O–H groups in total. The number of nitrogens with one attached hydrogen (secondary N) is 2. The Morgan fingerprint density at radius 2 is 1.75 bits per heavy atom. The first-order valence-corrected chi connectivity index (χ1v) is 9.08. The van der Waals surface area contributed by atoms with Crippen LogP contribution in [0.3, 0.4) is 0 Å². The Labute approximate surface area is 143 Å². The molecule has 0 radical (unpaired) electrons. The molecule has 3 amide bonds. The van der Waals surface area contributed by atoms with Crippen molar-refractivity contribution in [1.82, 2.24) is 15.5 Å². The van der Waals surface area contributed by atoms with Gasteiger partial charge in [-0.25, -0.2) is 4.79 Å². The highest BCUT2D eigenvalue weighted by atomic mass is 16.2. The Balaban J connectivity index is 1.46. The summed E-state index contributed by atoms with van der Waals surface area (Å²) in [7, 11) is 0. The van der Waals surface area contributed by atoms with E-state index in [1.807, 2.05) is 24.0 Å². The van der Waals surface area contributed by atoms with Crippen molar-refractivity contribution in [1.29, 1.82) is 0 Å². The van der Waals surface area contributed by atoms with Crippen LogP contribution < -0.4 is 10.6 Å². The van der Waals surface area contributed by atoms with Gasteiger partial charge in [-0.15, -0.1) is 0 Å². The molecule has 2 aliphatic rings. The minimum atomic E-state index is 0.0410. The summed E-state index contributed by atoms with van der Waals surface area (Å²) in [4.78, 5) is 25.7. The average molecular weight is 329 g/mol. The van der Waals surface area contributed by atoms with Gasteiger partial charge in [0.2, 0.25) is 0 Å². The molecule has 1 saturated heterocycles. The van der Waals surface area contributed by atoms with E-state index < -0.39 is 0 Å². The Hall–Kier alpha value is -2.04. The van der Waals surface area contributed by atoms with Gasteiger partial charge in [-0.2, -0.15) is 0 Å². The van der Waals surface area contributed by atoms with E-state index in [0.29, 0.717) is 18.5 Å². The summed E-state index contributed by atoms with van der Waals surface area (Å²) in [5, 5.41) is 5.88. The van der Waals surface area contributed by atoms with E-state index >= 15 is 0 Å². The number of hydrogen-bond acceptors (Lipinski definition) is 2. The maximum atomic E-state index is 12.0. The summed E-state index contributed by atoms with van der Waals surface area (Å²) in [5.74, 6) is 0.654. The lowest BCUT2D eigenvalue weighted by atomic mass is 9.90. The zero-order valence-corrected chi connectivity index (χ0v) is 14.4. The molecule has 24 heavy (non-hydrogen) atoms. The van der Waals surface area contributed by atoms with Gasteiger partial charge < -0.3 is 15.5 Å². The molecule has 0 atom stereocenters. The van der Waals surface area contributed by atoms with Crippen molar-refractivity contribution in [2.45, 2.75) is 45.1 Å². The second-order valence-electron chi connectivity index (χ2n) is 6.91. The monoisotopic (exact) mass is 329 g/mol. The van der Waals surface area contributed by atoms with E-state index in [-0.39, 0.29) is 11.9 Å². The lowest BCUT2D eigenvalue weighted by Gasteiger charge is -2.32. The third-order valence-electron chi connectivity index (χ3n) is 4.88. The van der Waals surface area contributed by atoms with Crippen molar-refractivity contribution < 1.29 is 9.59 Å². The summed E-state index contributed by atoms with van der Waals surface area (Å²) in [6, 6.07) is 8.44. The highest BCUT2D eigenvalue weighted by Gasteiger charge is 2.24. The highest BCUT2D eigenvalue weighted by molar-refractivity contribution is 5.94. The molecule has 3 rings (SSSR count). The Morgan fingerprint density at radius 1 is 1.08 bits per heavy atom. The number of carbonyl (C=O) groups excluding carboxylic acids is 2. The number of urea groups is 1. The fourth-order valence-electron chi connectivity index (χ4n) is 3.23. The molecule has 1 aliphatic heterocycles. The molecule has 1 heterocycles. The molecule has 1 aromatic carbocycles. The molecule has 5 heteroatoms. The maximum absolute atomic E-state index is 12.0. The first-order chi connectivity index (χ1) is 11.7. The van der Waals surface area contributed by atoms with Crippen molar-refractivity contribution in [3.8, 4) is 0 Å². The maximum Gasteiger partial charge on any atom is 0.317 e. The summed E-state index contributed by atoms with van der Waals surface area (Å²) in [6.07, 6.45) is 5.33. The van der Waals surface area contributed by atoms with Gasteiger partial charge in [0.1, 0.15) is 0 Å².